The molecule has 0 radical (unpaired) electrons. The second-order valence-electron chi connectivity index (χ2n) is 8.47. The molecular weight excluding hydrogens is 565 g/mol. The van der Waals surface area contributed by atoms with Crippen molar-refractivity contribution in [2.24, 2.45) is 0 Å². The summed E-state index contributed by atoms with van der Waals surface area (Å²) in [6.07, 6.45) is 2.01. The Labute approximate surface area is 226 Å². The Kier molecular flexibility index (Phi) is 6.83. The van der Waals surface area contributed by atoms with Crippen LogP contribution in [0.4, 0.5) is 0 Å². The molecule has 182 valence electrons. The first-order chi connectivity index (χ1) is 17.4. The summed E-state index contributed by atoms with van der Waals surface area (Å²) in [6.45, 7) is 0.345. The summed E-state index contributed by atoms with van der Waals surface area (Å²) in [6, 6.07) is 21.8. The third-order valence-corrected chi connectivity index (χ3v) is 7.06. The van der Waals surface area contributed by atoms with E-state index in [1.807, 2.05) is 42.5 Å². The van der Waals surface area contributed by atoms with Crippen LogP contribution < -0.4 is 10.6 Å². The first-order valence-electron chi connectivity index (χ1n) is 11.1. The molecule has 2 aromatic carbocycles. The third kappa shape index (κ3) is 4.89. The van der Waals surface area contributed by atoms with E-state index < -0.39 is 11.4 Å². The molecule has 0 spiro atoms. The number of halogens is 3. The van der Waals surface area contributed by atoms with Gasteiger partial charge >= 0.3 is 0 Å². The van der Waals surface area contributed by atoms with E-state index in [4.69, 9.17) is 23.2 Å². The Bertz CT molecular complexity index is 1430. The summed E-state index contributed by atoms with van der Waals surface area (Å²) >= 11 is 15.7. The number of nitrogens with zero attached hydrogens (tertiary/aromatic N) is 3. The Morgan fingerprint density at radius 1 is 1.06 bits per heavy atom. The van der Waals surface area contributed by atoms with Gasteiger partial charge in [0.05, 0.1) is 5.02 Å². The van der Waals surface area contributed by atoms with Gasteiger partial charge in [0.15, 0.2) is 5.82 Å². The van der Waals surface area contributed by atoms with Gasteiger partial charge < -0.3 is 10.6 Å². The average molecular weight is 585 g/mol. The number of pyridine rings is 1. The third-order valence-electron chi connectivity index (χ3n) is 6.12. The number of benzene rings is 2. The number of nitrogens with one attached hydrogen (secondary N) is 2. The highest BCUT2D eigenvalue weighted by Crippen LogP contribution is 2.52. The number of hydrogen-bond donors (Lipinski definition) is 2. The molecule has 0 bridgehead atoms. The highest BCUT2D eigenvalue weighted by atomic mass is 79.9. The maximum atomic E-state index is 13.6. The normalized spacial score (nSPS) is 18.5. The average Bonchev–Trinajstić information content (AvgIpc) is 3.47. The zero-order chi connectivity index (χ0) is 25.3. The molecule has 2 aromatic heterocycles. The number of carbonyl (C=O) groups is 2. The second kappa shape index (κ2) is 10.0. The Balaban J connectivity index is 1.44. The van der Waals surface area contributed by atoms with Gasteiger partial charge in [-0.3, -0.25) is 9.59 Å². The van der Waals surface area contributed by atoms with Crippen molar-refractivity contribution in [3.05, 3.63) is 110 Å². The van der Waals surface area contributed by atoms with Crippen LogP contribution in [0.5, 0.6) is 0 Å². The minimum Gasteiger partial charge on any atom is -0.350 e. The standard InChI is InChI=1S/C26H20BrCl2N5O2/c27-22-13-21(34(33-22)23-20(29)7-4-12-30-23)24(35)32-26(14-19(26)17-8-10-18(28)11-9-17)25(36)31-15-16-5-2-1-3-6-16/h1-13,19H,14-15H2,(H,31,36)(H,32,35). The molecule has 5 rings (SSSR count). The van der Waals surface area contributed by atoms with Gasteiger partial charge in [-0.2, -0.15) is 5.10 Å². The first kappa shape index (κ1) is 24.5. The van der Waals surface area contributed by atoms with Crippen molar-refractivity contribution in [2.45, 2.75) is 24.4 Å². The van der Waals surface area contributed by atoms with Gasteiger partial charge in [0, 0.05) is 29.7 Å². The van der Waals surface area contributed by atoms with Gasteiger partial charge in [0.25, 0.3) is 5.91 Å². The summed E-state index contributed by atoms with van der Waals surface area (Å²) in [5.41, 5.74) is 0.939. The zero-order valence-corrected chi connectivity index (χ0v) is 21.9. The molecule has 2 heterocycles. The van der Waals surface area contributed by atoms with Gasteiger partial charge in [0.1, 0.15) is 15.8 Å². The van der Waals surface area contributed by atoms with Crippen molar-refractivity contribution in [1.29, 1.82) is 0 Å². The lowest BCUT2D eigenvalue weighted by Gasteiger charge is -2.20. The molecule has 1 aliphatic rings. The van der Waals surface area contributed by atoms with Crippen molar-refractivity contribution < 1.29 is 9.59 Å². The SMILES string of the molecule is O=C(NC1(C(=O)NCc2ccccc2)CC1c1ccc(Cl)cc1)c1cc(Br)nn1-c1ncccc1Cl. The van der Waals surface area contributed by atoms with Crippen molar-refractivity contribution in [3.8, 4) is 5.82 Å². The lowest BCUT2D eigenvalue weighted by Crippen LogP contribution is -2.50. The fraction of sp³-hybridized carbons (Fsp3) is 0.154. The summed E-state index contributed by atoms with van der Waals surface area (Å²) in [5, 5.41) is 11.2. The van der Waals surface area contributed by atoms with Crippen LogP contribution in [0, 0.1) is 0 Å². The molecule has 1 aliphatic carbocycles. The molecule has 0 aliphatic heterocycles. The Hall–Kier alpha value is -3.20. The topological polar surface area (TPSA) is 88.9 Å². The fourth-order valence-electron chi connectivity index (χ4n) is 4.22. The molecule has 2 unspecified atom stereocenters. The molecule has 7 nitrogen and oxygen atoms in total. The number of aromatic nitrogens is 3. The highest BCUT2D eigenvalue weighted by Gasteiger charge is 2.61. The van der Waals surface area contributed by atoms with E-state index in [1.54, 1.807) is 36.5 Å². The maximum Gasteiger partial charge on any atom is 0.271 e. The lowest BCUT2D eigenvalue weighted by molar-refractivity contribution is -0.124. The molecule has 4 aromatic rings. The van der Waals surface area contributed by atoms with E-state index >= 15 is 0 Å². The van der Waals surface area contributed by atoms with Crippen LogP contribution in [0.15, 0.2) is 83.6 Å². The van der Waals surface area contributed by atoms with Gasteiger partial charge in [-0.25, -0.2) is 9.67 Å². The second-order valence-corrected chi connectivity index (χ2v) is 10.1. The molecule has 10 heteroatoms. The van der Waals surface area contributed by atoms with E-state index in [0.717, 1.165) is 11.1 Å². The van der Waals surface area contributed by atoms with Gasteiger partial charge in [-0.05, 0) is 57.7 Å². The first-order valence-corrected chi connectivity index (χ1v) is 12.7. The predicted octanol–water partition coefficient (Wildman–Crippen LogP) is 5.31. The number of amides is 2. The van der Waals surface area contributed by atoms with Crippen molar-refractivity contribution in [1.82, 2.24) is 25.4 Å². The molecule has 1 fully saturated rings. The van der Waals surface area contributed by atoms with E-state index in [1.165, 1.54) is 4.68 Å². The van der Waals surface area contributed by atoms with Crippen LogP contribution >= 0.6 is 39.1 Å². The van der Waals surface area contributed by atoms with Crippen molar-refractivity contribution in [3.63, 3.8) is 0 Å². The van der Waals surface area contributed by atoms with Gasteiger partial charge in [-0.15, -0.1) is 0 Å². The minimum absolute atomic E-state index is 0.194. The maximum absolute atomic E-state index is 13.6. The molecule has 1 saturated carbocycles. The van der Waals surface area contributed by atoms with Gasteiger partial charge in [-0.1, -0.05) is 65.7 Å². The van der Waals surface area contributed by atoms with E-state index in [9.17, 15) is 9.59 Å². The van der Waals surface area contributed by atoms with Crippen LogP contribution in [0.3, 0.4) is 0 Å². The largest absolute Gasteiger partial charge is 0.350 e. The molecule has 36 heavy (non-hydrogen) atoms. The molecule has 2 amide bonds. The van der Waals surface area contributed by atoms with Crippen LogP contribution in [-0.4, -0.2) is 32.1 Å². The van der Waals surface area contributed by atoms with Crippen LogP contribution in [0.25, 0.3) is 5.82 Å². The number of hydrogen-bond acceptors (Lipinski definition) is 4. The molecular formula is C26H20BrCl2N5O2. The van der Waals surface area contributed by atoms with E-state index in [0.29, 0.717) is 33.4 Å². The fourth-order valence-corrected chi connectivity index (χ4v) is 4.92. The van der Waals surface area contributed by atoms with Crippen LogP contribution in [-0.2, 0) is 11.3 Å². The minimum atomic E-state index is -1.13. The van der Waals surface area contributed by atoms with Gasteiger partial charge in [0.2, 0.25) is 5.91 Å². The summed E-state index contributed by atoms with van der Waals surface area (Å²) in [5.74, 6) is -0.641. The smallest absolute Gasteiger partial charge is 0.271 e. The predicted molar refractivity (Wildman–Crippen MR) is 141 cm³/mol. The summed E-state index contributed by atoms with van der Waals surface area (Å²) in [4.78, 5) is 31.3. The number of carbonyl (C=O) groups excluding carboxylic acids is 2. The van der Waals surface area contributed by atoms with E-state index in [2.05, 4.69) is 36.6 Å². The summed E-state index contributed by atoms with van der Waals surface area (Å²) < 4.78 is 1.79. The van der Waals surface area contributed by atoms with E-state index in [-0.39, 0.29) is 17.5 Å². The Morgan fingerprint density at radius 2 is 1.81 bits per heavy atom. The molecule has 2 atom stereocenters. The van der Waals surface area contributed by atoms with Crippen LogP contribution in [0.2, 0.25) is 10.0 Å². The zero-order valence-electron chi connectivity index (χ0n) is 18.8. The van der Waals surface area contributed by atoms with Crippen molar-refractivity contribution >= 4 is 50.9 Å². The molecule has 0 saturated heterocycles. The van der Waals surface area contributed by atoms with Crippen molar-refractivity contribution in [2.75, 3.05) is 0 Å². The summed E-state index contributed by atoms with van der Waals surface area (Å²) in [7, 11) is 0. The molecule has 2 N–H and O–H groups in total. The monoisotopic (exact) mass is 583 g/mol. The van der Waals surface area contributed by atoms with Crippen LogP contribution in [0.1, 0.15) is 34.0 Å². The number of rotatable bonds is 7. The Morgan fingerprint density at radius 3 is 2.53 bits per heavy atom. The lowest BCUT2D eigenvalue weighted by atomic mass is 10.0. The highest BCUT2D eigenvalue weighted by molar-refractivity contribution is 9.10. The quantitative estimate of drug-likeness (QED) is 0.308.